The van der Waals surface area contributed by atoms with Crippen molar-refractivity contribution in [3.8, 4) is 0 Å². The third kappa shape index (κ3) is 1.50. The summed E-state index contributed by atoms with van der Waals surface area (Å²) in [5.74, 6) is 1.63. The van der Waals surface area contributed by atoms with Gasteiger partial charge in [-0.2, -0.15) is 0 Å². The summed E-state index contributed by atoms with van der Waals surface area (Å²) in [5, 5.41) is 0. The Hall–Kier alpha value is -0.0800. The Balaban J connectivity index is 2.15. The van der Waals surface area contributed by atoms with Crippen LogP contribution in [0.25, 0.3) is 0 Å². The van der Waals surface area contributed by atoms with Crippen molar-refractivity contribution in [3.63, 3.8) is 0 Å². The molecule has 2 fully saturated rings. The van der Waals surface area contributed by atoms with Gasteiger partial charge in [0.2, 0.25) is 0 Å². The summed E-state index contributed by atoms with van der Waals surface area (Å²) in [4.78, 5) is 2.43. The Bertz CT molecular complexity index is 200. The van der Waals surface area contributed by atoms with E-state index in [9.17, 15) is 0 Å². The van der Waals surface area contributed by atoms with Crippen molar-refractivity contribution in [2.45, 2.75) is 32.7 Å². The van der Waals surface area contributed by atoms with Gasteiger partial charge in [0.25, 0.3) is 0 Å². The van der Waals surface area contributed by atoms with Gasteiger partial charge in [-0.25, -0.2) is 0 Å². The molecule has 0 spiro atoms. The first-order valence-corrected chi connectivity index (χ1v) is 5.45. The van der Waals surface area contributed by atoms with Crippen molar-refractivity contribution < 1.29 is 0 Å². The molecule has 1 saturated carbocycles. The van der Waals surface area contributed by atoms with Gasteiger partial charge in [-0.3, -0.25) is 0 Å². The van der Waals surface area contributed by atoms with E-state index in [1.165, 1.54) is 25.9 Å². The minimum absolute atomic E-state index is 0.447. The third-order valence-corrected chi connectivity index (χ3v) is 4.18. The van der Waals surface area contributed by atoms with E-state index in [0.717, 1.165) is 11.8 Å². The van der Waals surface area contributed by atoms with E-state index < -0.39 is 0 Å². The number of rotatable bonds is 0. The molecule has 2 N–H and O–H groups in total. The summed E-state index contributed by atoms with van der Waals surface area (Å²) in [5.41, 5.74) is 6.69. The molecule has 1 aliphatic heterocycles. The second-order valence-electron chi connectivity index (χ2n) is 5.68. The molecule has 2 nitrogen and oxygen atoms in total. The molecule has 0 bridgehead atoms. The number of nitrogens with zero attached hydrogens (tertiary/aromatic N) is 1. The lowest BCUT2D eigenvalue weighted by Crippen LogP contribution is -2.43. The smallest absolute Gasteiger partial charge is 0.00874 e. The molecule has 0 amide bonds. The Kier molecular flexibility index (Phi) is 2.16. The molecule has 0 radical (unpaired) electrons. The molecule has 2 aliphatic rings. The first-order chi connectivity index (χ1) is 6.00. The van der Waals surface area contributed by atoms with Gasteiger partial charge >= 0.3 is 0 Å². The van der Waals surface area contributed by atoms with Gasteiger partial charge in [0.15, 0.2) is 0 Å². The highest BCUT2D eigenvalue weighted by Gasteiger charge is 2.47. The summed E-state index contributed by atoms with van der Waals surface area (Å²) < 4.78 is 0. The summed E-state index contributed by atoms with van der Waals surface area (Å²) in [6.07, 6.45) is 2.57. The van der Waals surface area contributed by atoms with Crippen LogP contribution in [0.4, 0.5) is 0 Å². The van der Waals surface area contributed by atoms with E-state index in [4.69, 9.17) is 5.73 Å². The molecule has 1 saturated heterocycles. The van der Waals surface area contributed by atoms with Crippen LogP contribution in [0.1, 0.15) is 26.7 Å². The van der Waals surface area contributed by atoms with Crippen LogP contribution in [0.15, 0.2) is 0 Å². The highest BCUT2D eigenvalue weighted by atomic mass is 15.1. The molecule has 1 aliphatic carbocycles. The van der Waals surface area contributed by atoms with Crippen LogP contribution < -0.4 is 5.73 Å². The second kappa shape index (κ2) is 2.96. The summed E-state index contributed by atoms with van der Waals surface area (Å²) in [7, 11) is 2.22. The average Bonchev–Trinajstić information content (AvgIpc) is 2.22. The van der Waals surface area contributed by atoms with E-state index in [-0.39, 0.29) is 0 Å². The number of likely N-dealkylation sites (tertiary alicyclic amines) is 1. The van der Waals surface area contributed by atoms with Crippen LogP contribution in [0.5, 0.6) is 0 Å². The number of hydrogen-bond acceptors (Lipinski definition) is 2. The number of nitrogens with two attached hydrogens (primary N) is 1. The van der Waals surface area contributed by atoms with Crippen LogP contribution >= 0.6 is 0 Å². The van der Waals surface area contributed by atoms with Crippen LogP contribution in [0.3, 0.4) is 0 Å². The topological polar surface area (TPSA) is 29.3 Å². The third-order valence-electron chi connectivity index (χ3n) is 4.18. The number of piperidine rings is 1. The van der Waals surface area contributed by atoms with E-state index in [1.807, 2.05) is 0 Å². The van der Waals surface area contributed by atoms with Crippen LogP contribution in [0, 0.1) is 17.3 Å². The van der Waals surface area contributed by atoms with E-state index in [0.29, 0.717) is 11.5 Å². The van der Waals surface area contributed by atoms with E-state index in [2.05, 4.69) is 25.8 Å². The van der Waals surface area contributed by atoms with Crippen molar-refractivity contribution in [2.75, 3.05) is 20.1 Å². The highest BCUT2D eigenvalue weighted by molar-refractivity contribution is 5.01. The SMILES string of the molecule is CN1CCC2C(C1)C(N)CC2(C)C. The zero-order chi connectivity index (χ0) is 9.64. The van der Waals surface area contributed by atoms with Crippen LogP contribution in [-0.4, -0.2) is 31.1 Å². The molecule has 2 heteroatoms. The van der Waals surface area contributed by atoms with Crippen LogP contribution in [0.2, 0.25) is 0 Å². The fourth-order valence-corrected chi connectivity index (χ4v) is 3.47. The lowest BCUT2D eigenvalue weighted by molar-refractivity contribution is 0.105. The molecule has 0 aromatic rings. The summed E-state index contributed by atoms with van der Waals surface area (Å²) >= 11 is 0. The van der Waals surface area contributed by atoms with E-state index in [1.54, 1.807) is 0 Å². The molecule has 3 unspecified atom stereocenters. The predicted molar refractivity (Wildman–Crippen MR) is 55.5 cm³/mol. The zero-order valence-corrected chi connectivity index (χ0v) is 9.09. The Labute approximate surface area is 81.5 Å². The minimum Gasteiger partial charge on any atom is -0.327 e. The van der Waals surface area contributed by atoms with Crippen molar-refractivity contribution in [1.29, 1.82) is 0 Å². The standard InChI is InChI=1S/C11H22N2/c1-11(2)6-10(12)8-7-13(3)5-4-9(8)11/h8-10H,4-7,12H2,1-3H3. The van der Waals surface area contributed by atoms with Gasteiger partial charge < -0.3 is 10.6 Å². The first-order valence-electron chi connectivity index (χ1n) is 5.45. The molecule has 1 heterocycles. The molecular formula is C11H22N2. The van der Waals surface area contributed by atoms with Gasteiger partial charge in [0.1, 0.15) is 0 Å². The molecule has 76 valence electrons. The normalized spacial score (nSPS) is 44.8. The van der Waals surface area contributed by atoms with Gasteiger partial charge in [-0.1, -0.05) is 13.8 Å². The Morgan fingerprint density at radius 2 is 2.08 bits per heavy atom. The maximum absolute atomic E-state index is 6.20. The molecule has 13 heavy (non-hydrogen) atoms. The predicted octanol–water partition coefficient (Wildman–Crippen LogP) is 1.31. The van der Waals surface area contributed by atoms with Gasteiger partial charge in [0.05, 0.1) is 0 Å². The lowest BCUT2D eigenvalue weighted by Gasteiger charge is -2.38. The van der Waals surface area contributed by atoms with E-state index >= 15 is 0 Å². The summed E-state index contributed by atoms with van der Waals surface area (Å²) in [6.45, 7) is 7.26. The van der Waals surface area contributed by atoms with Crippen molar-refractivity contribution >= 4 is 0 Å². The Morgan fingerprint density at radius 1 is 1.38 bits per heavy atom. The highest BCUT2D eigenvalue weighted by Crippen LogP contribution is 2.49. The molecule has 2 rings (SSSR count). The molecule has 0 aromatic heterocycles. The average molecular weight is 182 g/mol. The Morgan fingerprint density at radius 3 is 2.77 bits per heavy atom. The summed E-state index contributed by atoms with van der Waals surface area (Å²) in [6, 6.07) is 0.447. The number of fused-ring (bicyclic) bond motifs is 1. The minimum atomic E-state index is 0.447. The van der Waals surface area contributed by atoms with Gasteiger partial charge in [-0.05, 0) is 43.7 Å². The fourth-order valence-electron chi connectivity index (χ4n) is 3.47. The van der Waals surface area contributed by atoms with Gasteiger partial charge in [0, 0.05) is 12.6 Å². The van der Waals surface area contributed by atoms with Crippen molar-refractivity contribution in [3.05, 3.63) is 0 Å². The van der Waals surface area contributed by atoms with Crippen molar-refractivity contribution in [1.82, 2.24) is 4.90 Å². The fraction of sp³-hybridized carbons (Fsp3) is 1.00. The molecular weight excluding hydrogens is 160 g/mol. The zero-order valence-electron chi connectivity index (χ0n) is 9.09. The largest absolute Gasteiger partial charge is 0.327 e. The van der Waals surface area contributed by atoms with Crippen molar-refractivity contribution in [2.24, 2.45) is 23.0 Å². The maximum Gasteiger partial charge on any atom is 0.00874 e. The quantitative estimate of drug-likeness (QED) is 0.612. The lowest BCUT2D eigenvalue weighted by atomic mass is 9.75. The molecule has 0 aromatic carbocycles. The van der Waals surface area contributed by atoms with Crippen LogP contribution in [-0.2, 0) is 0 Å². The second-order valence-corrected chi connectivity index (χ2v) is 5.68. The van der Waals surface area contributed by atoms with Gasteiger partial charge in [-0.15, -0.1) is 0 Å². The first kappa shape index (κ1) is 9.47. The number of hydrogen-bond donors (Lipinski definition) is 1. The monoisotopic (exact) mass is 182 g/mol. The maximum atomic E-state index is 6.20. The molecule has 3 atom stereocenters.